The molecule has 3 heterocycles. The summed E-state index contributed by atoms with van der Waals surface area (Å²) in [6.45, 7) is 0.599. The van der Waals surface area contributed by atoms with E-state index in [-0.39, 0.29) is 0 Å². The largest absolute Gasteiger partial charge is 0.480 e. The highest BCUT2D eigenvalue weighted by molar-refractivity contribution is 7.15. The number of rotatable bonds is 4. The Balaban J connectivity index is 1.86. The van der Waals surface area contributed by atoms with Gasteiger partial charge in [-0.25, -0.2) is 4.98 Å². The third kappa shape index (κ3) is 2.36. The third-order valence-corrected chi connectivity index (χ3v) is 3.67. The number of halogens is 1. The molecular weight excluding hydrogens is 284 g/mol. The lowest BCUT2D eigenvalue weighted by atomic mass is 10.3. The first kappa shape index (κ1) is 12.3. The normalized spacial score (nSPS) is 10.8. The summed E-state index contributed by atoms with van der Waals surface area (Å²) in [5.41, 5.74) is 1.89. The minimum atomic E-state index is 0.464. The van der Waals surface area contributed by atoms with Crippen LogP contribution >= 0.6 is 22.9 Å². The topological polar surface area (TPSA) is 51.5 Å². The Kier molecular flexibility index (Phi) is 3.27. The first-order chi connectivity index (χ1) is 9.28. The van der Waals surface area contributed by atoms with Crippen molar-refractivity contribution in [2.24, 2.45) is 0 Å². The van der Waals surface area contributed by atoms with E-state index in [1.54, 1.807) is 30.7 Å². The van der Waals surface area contributed by atoms with Crippen molar-refractivity contribution in [1.82, 2.24) is 14.4 Å². The van der Waals surface area contributed by atoms with Gasteiger partial charge in [0.25, 0.3) is 0 Å². The summed E-state index contributed by atoms with van der Waals surface area (Å²) in [4.78, 5) is 9.26. The molecule has 0 spiro atoms. The summed E-state index contributed by atoms with van der Waals surface area (Å²) in [6.07, 6.45) is 3.64. The second-order valence-electron chi connectivity index (χ2n) is 3.84. The van der Waals surface area contributed by atoms with Gasteiger partial charge in [-0.3, -0.25) is 4.40 Å². The van der Waals surface area contributed by atoms with Crippen LogP contribution in [0.3, 0.4) is 0 Å². The van der Waals surface area contributed by atoms with E-state index in [1.165, 1.54) is 0 Å². The fourth-order valence-electron chi connectivity index (χ4n) is 1.84. The summed E-state index contributed by atoms with van der Waals surface area (Å²) in [6, 6.07) is 3.64. The van der Waals surface area contributed by atoms with Crippen LogP contribution in [0.15, 0.2) is 29.9 Å². The first-order valence-electron chi connectivity index (χ1n) is 5.62. The van der Waals surface area contributed by atoms with E-state index in [2.05, 4.69) is 15.3 Å². The van der Waals surface area contributed by atoms with E-state index in [4.69, 9.17) is 16.3 Å². The zero-order valence-corrected chi connectivity index (χ0v) is 11.7. The number of nitrogens with zero attached hydrogens (tertiary/aromatic N) is 3. The van der Waals surface area contributed by atoms with Crippen molar-refractivity contribution >= 4 is 33.6 Å². The van der Waals surface area contributed by atoms with E-state index in [9.17, 15) is 0 Å². The Labute approximate surface area is 118 Å². The van der Waals surface area contributed by atoms with Gasteiger partial charge in [0, 0.05) is 23.5 Å². The van der Waals surface area contributed by atoms with Crippen LogP contribution in [-0.2, 0) is 6.54 Å². The zero-order chi connectivity index (χ0) is 13.2. The van der Waals surface area contributed by atoms with Crippen molar-refractivity contribution < 1.29 is 4.74 Å². The molecule has 0 bridgehead atoms. The summed E-state index contributed by atoms with van der Waals surface area (Å²) >= 11 is 7.42. The van der Waals surface area contributed by atoms with Gasteiger partial charge in [-0.1, -0.05) is 11.6 Å². The number of methoxy groups -OCH3 is 1. The number of aromatic nitrogens is 3. The molecule has 0 radical (unpaired) electrons. The van der Waals surface area contributed by atoms with Gasteiger partial charge in [-0.05, 0) is 12.1 Å². The molecule has 7 heteroatoms. The van der Waals surface area contributed by atoms with Gasteiger partial charge in [-0.2, -0.15) is 4.98 Å². The Morgan fingerprint density at radius 2 is 2.42 bits per heavy atom. The summed E-state index contributed by atoms with van der Waals surface area (Å²) < 4.78 is 7.31. The molecule has 19 heavy (non-hydrogen) atoms. The van der Waals surface area contributed by atoms with Gasteiger partial charge < -0.3 is 10.1 Å². The van der Waals surface area contributed by atoms with Gasteiger partial charge in [0.2, 0.25) is 5.88 Å². The lowest BCUT2D eigenvalue weighted by molar-refractivity contribution is 0.395. The SMILES string of the molecule is COc1nc2sccn2c1CNc1ccnc(Cl)c1. The van der Waals surface area contributed by atoms with Crippen LogP contribution in [0.4, 0.5) is 5.69 Å². The summed E-state index contributed by atoms with van der Waals surface area (Å²) in [5, 5.41) is 5.74. The Bertz CT molecular complexity index is 709. The smallest absolute Gasteiger partial charge is 0.238 e. The van der Waals surface area contributed by atoms with E-state index in [1.807, 2.05) is 22.0 Å². The molecule has 0 atom stereocenters. The maximum atomic E-state index is 5.85. The molecule has 0 saturated heterocycles. The average Bonchev–Trinajstić information content (AvgIpc) is 2.96. The molecule has 0 unspecified atom stereocenters. The monoisotopic (exact) mass is 294 g/mol. The van der Waals surface area contributed by atoms with Gasteiger partial charge in [0.05, 0.1) is 13.7 Å². The molecule has 1 N–H and O–H groups in total. The maximum absolute atomic E-state index is 5.85. The molecule has 0 aliphatic rings. The zero-order valence-electron chi connectivity index (χ0n) is 10.1. The molecule has 5 nitrogen and oxygen atoms in total. The molecule has 3 aromatic heterocycles. The van der Waals surface area contributed by atoms with Crippen LogP contribution < -0.4 is 10.1 Å². The van der Waals surface area contributed by atoms with Crippen LogP contribution in [0.1, 0.15) is 5.69 Å². The number of imidazole rings is 1. The quantitative estimate of drug-likeness (QED) is 0.751. The first-order valence-corrected chi connectivity index (χ1v) is 6.87. The number of thiazole rings is 1. The van der Waals surface area contributed by atoms with E-state index in [0.717, 1.165) is 16.3 Å². The average molecular weight is 295 g/mol. The van der Waals surface area contributed by atoms with Gasteiger partial charge in [0.1, 0.15) is 10.8 Å². The Morgan fingerprint density at radius 1 is 1.53 bits per heavy atom. The van der Waals surface area contributed by atoms with Crippen molar-refractivity contribution in [3.63, 3.8) is 0 Å². The van der Waals surface area contributed by atoms with Crippen molar-refractivity contribution in [2.75, 3.05) is 12.4 Å². The highest BCUT2D eigenvalue weighted by Gasteiger charge is 2.13. The predicted octanol–water partition coefficient (Wildman–Crippen LogP) is 3.06. The van der Waals surface area contributed by atoms with Crippen LogP contribution in [0, 0.1) is 0 Å². The predicted molar refractivity (Wildman–Crippen MR) is 76.2 cm³/mol. The molecular formula is C12H11ClN4OS. The lowest BCUT2D eigenvalue weighted by Crippen LogP contribution is -2.03. The van der Waals surface area contributed by atoms with Gasteiger partial charge in [-0.15, -0.1) is 11.3 Å². The number of nitrogens with one attached hydrogen (secondary N) is 1. The number of pyridine rings is 1. The van der Waals surface area contributed by atoms with Crippen molar-refractivity contribution in [3.8, 4) is 5.88 Å². The van der Waals surface area contributed by atoms with E-state index in [0.29, 0.717) is 17.6 Å². The number of ether oxygens (including phenoxy) is 1. The van der Waals surface area contributed by atoms with Crippen LogP contribution in [0.2, 0.25) is 5.15 Å². The Hall–Kier alpha value is -1.79. The number of hydrogen-bond donors (Lipinski definition) is 1. The number of hydrogen-bond acceptors (Lipinski definition) is 5. The van der Waals surface area contributed by atoms with Crippen molar-refractivity contribution in [2.45, 2.75) is 6.54 Å². The minimum Gasteiger partial charge on any atom is -0.480 e. The standard InChI is InChI=1S/C12H11ClN4OS/c1-18-11-9(17-4-5-19-12(17)16-11)7-15-8-2-3-14-10(13)6-8/h2-6H,7H2,1H3,(H,14,15). The van der Waals surface area contributed by atoms with E-state index < -0.39 is 0 Å². The van der Waals surface area contributed by atoms with Crippen molar-refractivity contribution in [3.05, 3.63) is 40.8 Å². The maximum Gasteiger partial charge on any atom is 0.238 e. The highest BCUT2D eigenvalue weighted by Crippen LogP contribution is 2.24. The highest BCUT2D eigenvalue weighted by atomic mass is 35.5. The lowest BCUT2D eigenvalue weighted by Gasteiger charge is -2.07. The second-order valence-corrected chi connectivity index (χ2v) is 5.10. The fourth-order valence-corrected chi connectivity index (χ4v) is 2.73. The molecule has 0 aliphatic heterocycles. The minimum absolute atomic E-state index is 0.464. The molecule has 0 saturated carbocycles. The third-order valence-electron chi connectivity index (χ3n) is 2.70. The molecule has 3 aromatic rings. The second kappa shape index (κ2) is 5.07. The molecule has 3 rings (SSSR count). The molecule has 0 fully saturated rings. The molecule has 0 aliphatic carbocycles. The van der Waals surface area contributed by atoms with E-state index >= 15 is 0 Å². The Morgan fingerprint density at radius 3 is 3.21 bits per heavy atom. The van der Waals surface area contributed by atoms with Crippen LogP contribution in [-0.4, -0.2) is 21.5 Å². The fraction of sp³-hybridized carbons (Fsp3) is 0.167. The summed E-state index contributed by atoms with van der Waals surface area (Å²) in [7, 11) is 1.62. The van der Waals surface area contributed by atoms with Crippen molar-refractivity contribution in [1.29, 1.82) is 0 Å². The number of anilines is 1. The van der Waals surface area contributed by atoms with Crippen LogP contribution in [0.25, 0.3) is 4.96 Å². The van der Waals surface area contributed by atoms with Gasteiger partial charge in [0.15, 0.2) is 4.96 Å². The number of fused-ring (bicyclic) bond motifs is 1. The molecule has 0 amide bonds. The van der Waals surface area contributed by atoms with Gasteiger partial charge >= 0.3 is 0 Å². The van der Waals surface area contributed by atoms with Crippen LogP contribution in [0.5, 0.6) is 5.88 Å². The summed E-state index contributed by atoms with van der Waals surface area (Å²) in [5.74, 6) is 0.638. The molecule has 0 aromatic carbocycles. The molecule has 98 valence electrons.